The van der Waals surface area contributed by atoms with Crippen LogP contribution in [0.1, 0.15) is 61.2 Å². The van der Waals surface area contributed by atoms with E-state index in [1.54, 1.807) is 6.07 Å². The minimum atomic E-state index is -5.96. The summed E-state index contributed by atoms with van der Waals surface area (Å²) >= 11 is 0. The van der Waals surface area contributed by atoms with E-state index in [2.05, 4.69) is 24.3 Å². The highest BCUT2D eigenvalue weighted by Crippen LogP contribution is 2.60. The van der Waals surface area contributed by atoms with Crippen molar-refractivity contribution in [3.05, 3.63) is 119 Å². The molecule has 0 saturated carbocycles. The van der Waals surface area contributed by atoms with Crippen LogP contribution in [-0.4, -0.2) is 13.9 Å². The Morgan fingerprint density at radius 3 is 1.74 bits per heavy atom. The zero-order chi connectivity index (χ0) is 29.7. The van der Waals surface area contributed by atoms with Crippen molar-refractivity contribution < 1.29 is 35.2 Å². The summed E-state index contributed by atoms with van der Waals surface area (Å²) in [7, 11) is -7.14. The fourth-order valence-corrected chi connectivity index (χ4v) is 8.88. The van der Waals surface area contributed by atoms with Crippen LogP contribution < -0.4 is 20.1 Å². The van der Waals surface area contributed by atoms with Crippen LogP contribution in [0.4, 0.5) is 13.2 Å². The average molecular weight is 613 g/mol. The summed E-state index contributed by atoms with van der Waals surface area (Å²) in [4.78, 5) is 0. The van der Waals surface area contributed by atoms with Gasteiger partial charge in [0.05, 0.1) is 17.8 Å². The van der Waals surface area contributed by atoms with Crippen LogP contribution in [0.15, 0.2) is 97.1 Å². The molecule has 1 spiro atoms. The molecule has 0 radical (unpaired) electrons. The number of ether oxygens (including phenoxy) is 2. The summed E-state index contributed by atoms with van der Waals surface area (Å²) in [5.74, 6) is -2.13. The van der Waals surface area contributed by atoms with Crippen molar-refractivity contribution in [3.8, 4) is 5.75 Å². The Hall–Kier alpha value is -3.23. The Balaban J connectivity index is 1.65. The molecule has 4 aromatic rings. The minimum Gasteiger partial charge on any atom is -0.375 e. The van der Waals surface area contributed by atoms with Gasteiger partial charge in [0.15, 0.2) is 5.75 Å². The molecule has 218 valence electrons. The predicted octanol–water partition coefficient (Wildman–Crippen LogP) is 6.84. The van der Waals surface area contributed by atoms with Gasteiger partial charge in [0.1, 0.15) is 0 Å². The summed E-state index contributed by atoms with van der Waals surface area (Å²) in [5.41, 5.74) is -3.37. The monoisotopic (exact) mass is 612 g/mol. The molecule has 2 aliphatic heterocycles. The zero-order valence-electron chi connectivity index (χ0n) is 22.8. The molecule has 3 atom stereocenters. The smallest absolute Gasteiger partial charge is 0.375 e. The standard InChI is InChI=1S/C32H28F3O5PS/c1-3-25-23-17-11-19-27(40-42(36,37)32(33,34)35)29(23)31(38-25)30-24(26(4-2)39-31)18-12-20-28(30)41(21-13-7-5-8-14-21)22-15-9-6-10-16-22/h5-20,25-26H,3-4H2,1-2H3/t25-,26-,31-/m0/s1. The summed E-state index contributed by atoms with van der Waals surface area (Å²) in [6.45, 7) is 3.86. The van der Waals surface area contributed by atoms with E-state index in [9.17, 15) is 21.6 Å². The first kappa shape index (κ1) is 28.9. The van der Waals surface area contributed by atoms with Crippen molar-refractivity contribution in [2.75, 3.05) is 0 Å². The third-order valence-corrected chi connectivity index (χ3v) is 11.0. The Morgan fingerprint density at radius 1 is 0.738 bits per heavy atom. The van der Waals surface area contributed by atoms with Gasteiger partial charge < -0.3 is 13.7 Å². The van der Waals surface area contributed by atoms with E-state index in [1.165, 1.54) is 12.1 Å². The third-order valence-electron chi connectivity index (χ3n) is 7.60. The van der Waals surface area contributed by atoms with Crippen LogP contribution in [-0.2, 0) is 25.4 Å². The Morgan fingerprint density at radius 2 is 1.24 bits per heavy atom. The maximum absolute atomic E-state index is 13.5. The normalized spacial score (nSPS) is 21.5. The van der Waals surface area contributed by atoms with E-state index in [-0.39, 0.29) is 5.56 Å². The van der Waals surface area contributed by atoms with E-state index >= 15 is 0 Å². The van der Waals surface area contributed by atoms with E-state index in [0.29, 0.717) is 24.0 Å². The zero-order valence-corrected chi connectivity index (χ0v) is 24.5. The van der Waals surface area contributed by atoms with Gasteiger partial charge in [-0.3, -0.25) is 0 Å². The van der Waals surface area contributed by atoms with Crippen LogP contribution >= 0.6 is 7.92 Å². The number of alkyl halides is 3. The molecule has 0 saturated heterocycles. The van der Waals surface area contributed by atoms with Crippen molar-refractivity contribution in [2.45, 2.75) is 50.2 Å². The third kappa shape index (κ3) is 4.63. The molecule has 0 amide bonds. The average Bonchev–Trinajstić information content (AvgIpc) is 3.49. The lowest BCUT2D eigenvalue weighted by atomic mass is 9.91. The molecule has 42 heavy (non-hydrogen) atoms. The maximum atomic E-state index is 13.5. The molecule has 0 bridgehead atoms. The molecule has 2 aliphatic rings. The number of rotatable bonds is 7. The van der Waals surface area contributed by atoms with Gasteiger partial charge in [-0.15, -0.1) is 0 Å². The van der Waals surface area contributed by atoms with Gasteiger partial charge in [-0.1, -0.05) is 105 Å². The van der Waals surface area contributed by atoms with Gasteiger partial charge in [-0.25, -0.2) is 0 Å². The van der Waals surface area contributed by atoms with E-state index in [4.69, 9.17) is 13.7 Å². The molecular formula is C32H28F3O5PS. The van der Waals surface area contributed by atoms with Crippen LogP contribution in [0, 0.1) is 0 Å². The maximum Gasteiger partial charge on any atom is 0.534 e. The van der Waals surface area contributed by atoms with Crippen LogP contribution in [0.3, 0.4) is 0 Å². The molecule has 0 N–H and O–H groups in total. The second kappa shape index (κ2) is 10.8. The molecule has 2 heterocycles. The Labute approximate surface area is 244 Å². The first-order chi connectivity index (χ1) is 20.1. The molecule has 4 aromatic carbocycles. The highest BCUT2D eigenvalue weighted by Gasteiger charge is 2.58. The highest BCUT2D eigenvalue weighted by atomic mass is 32.2. The van der Waals surface area contributed by atoms with Crippen molar-refractivity contribution in [1.29, 1.82) is 0 Å². The molecule has 0 aliphatic carbocycles. The van der Waals surface area contributed by atoms with E-state index in [1.807, 2.05) is 68.4 Å². The van der Waals surface area contributed by atoms with Gasteiger partial charge in [-0.2, -0.15) is 21.6 Å². The molecule has 6 rings (SSSR count). The minimum absolute atomic E-state index is 0.158. The second-order valence-electron chi connectivity index (χ2n) is 10.1. The molecule has 10 heteroatoms. The lowest BCUT2D eigenvalue weighted by Crippen LogP contribution is -2.35. The fourth-order valence-electron chi connectivity index (χ4n) is 5.88. The first-order valence-corrected chi connectivity index (χ1v) is 16.4. The van der Waals surface area contributed by atoms with Crippen molar-refractivity contribution in [2.24, 2.45) is 0 Å². The van der Waals surface area contributed by atoms with Crippen molar-refractivity contribution in [1.82, 2.24) is 0 Å². The largest absolute Gasteiger partial charge is 0.534 e. The van der Waals surface area contributed by atoms with Gasteiger partial charge in [0.2, 0.25) is 5.79 Å². The number of benzene rings is 4. The molecule has 5 nitrogen and oxygen atoms in total. The summed E-state index contributed by atoms with van der Waals surface area (Å²) in [5, 5.41) is 3.04. The number of hydrogen-bond donors (Lipinski definition) is 0. The van der Waals surface area contributed by atoms with Gasteiger partial charge >= 0.3 is 15.6 Å². The highest BCUT2D eigenvalue weighted by molar-refractivity contribution is 7.88. The number of fused-ring (bicyclic) bond motifs is 4. The SMILES string of the molecule is CC[C@@H]1O[C@]2(O[C@@H](CC)c3cccc(P(c4ccccc4)c4ccccc4)c32)c2c(OS(=O)(=O)C(F)(F)F)cccc21. The van der Waals surface area contributed by atoms with E-state index < -0.39 is 47.3 Å². The van der Waals surface area contributed by atoms with Crippen molar-refractivity contribution in [3.63, 3.8) is 0 Å². The van der Waals surface area contributed by atoms with Gasteiger partial charge in [0, 0.05) is 5.56 Å². The van der Waals surface area contributed by atoms with Crippen LogP contribution in [0.25, 0.3) is 0 Å². The molecule has 0 unspecified atom stereocenters. The summed E-state index contributed by atoms with van der Waals surface area (Å²) < 4.78 is 83.3. The Bertz CT molecular complexity index is 1670. The molecule has 0 aromatic heterocycles. The lowest BCUT2D eigenvalue weighted by Gasteiger charge is -2.31. The predicted molar refractivity (Wildman–Crippen MR) is 156 cm³/mol. The summed E-state index contributed by atoms with van der Waals surface area (Å²) in [6.07, 6.45) is 0.0348. The second-order valence-corrected chi connectivity index (χ2v) is 13.8. The molecular weight excluding hydrogens is 584 g/mol. The van der Waals surface area contributed by atoms with Gasteiger partial charge in [-0.05, 0) is 53.9 Å². The van der Waals surface area contributed by atoms with Gasteiger partial charge in [0.25, 0.3) is 0 Å². The lowest BCUT2D eigenvalue weighted by molar-refractivity contribution is -0.235. The topological polar surface area (TPSA) is 61.8 Å². The first-order valence-electron chi connectivity index (χ1n) is 13.6. The van der Waals surface area contributed by atoms with Crippen molar-refractivity contribution >= 4 is 34.0 Å². The Kier molecular flexibility index (Phi) is 7.42. The quantitative estimate of drug-likeness (QED) is 0.130. The summed E-state index contributed by atoms with van der Waals surface area (Å²) in [6, 6.07) is 30.4. The number of halogens is 3. The van der Waals surface area contributed by atoms with Crippen LogP contribution in [0.2, 0.25) is 0 Å². The fraction of sp³-hybridized carbons (Fsp3) is 0.250. The molecule has 0 fully saturated rings. The van der Waals surface area contributed by atoms with Crippen LogP contribution in [0.5, 0.6) is 5.75 Å². The number of hydrogen-bond acceptors (Lipinski definition) is 5. The van der Waals surface area contributed by atoms with E-state index in [0.717, 1.165) is 21.5 Å².